The smallest absolute Gasteiger partial charge is 0.320 e. The molecule has 3 aromatic rings. The van der Waals surface area contributed by atoms with Gasteiger partial charge in [0.05, 0.1) is 22.5 Å². The van der Waals surface area contributed by atoms with Crippen LogP contribution in [0, 0.1) is 10.1 Å². The van der Waals surface area contributed by atoms with Crippen molar-refractivity contribution in [2.45, 2.75) is 13.1 Å². The lowest BCUT2D eigenvalue weighted by atomic mass is 10.1. The van der Waals surface area contributed by atoms with E-state index < -0.39 is 17.4 Å². The van der Waals surface area contributed by atoms with Crippen molar-refractivity contribution in [2.75, 3.05) is 26.0 Å². The molecule has 0 saturated heterocycles. The van der Waals surface area contributed by atoms with Crippen molar-refractivity contribution in [3.8, 4) is 0 Å². The van der Waals surface area contributed by atoms with Crippen LogP contribution in [0.1, 0.15) is 22.7 Å². The normalized spacial score (nSPS) is 11.1. The Bertz CT molecular complexity index is 1080. The molecule has 0 fully saturated rings. The third kappa shape index (κ3) is 3.86. The van der Waals surface area contributed by atoms with E-state index in [1.807, 2.05) is 0 Å². The number of anilines is 1. The number of fused-ring (bicyclic) bond motifs is 1. The van der Waals surface area contributed by atoms with Crippen LogP contribution in [0.15, 0.2) is 42.5 Å². The first kappa shape index (κ1) is 20.2. The summed E-state index contributed by atoms with van der Waals surface area (Å²) in [5, 5.41) is 11.3. The van der Waals surface area contributed by atoms with Gasteiger partial charge in [-0.15, -0.1) is 0 Å². The maximum atomic E-state index is 13.6. The predicted octanol–water partition coefficient (Wildman–Crippen LogP) is 3.68. The van der Waals surface area contributed by atoms with E-state index in [0.29, 0.717) is 11.2 Å². The van der Waals surface area contributed by atoms with Gasteiger partial charge in [-0.2, -0.15) is 8.78 Å². The van der Waals surface area contributed by atoms with Crippen LogP contribution in [-0.4, -0.2) is 46.4 Å². The zero-order chi connectivity index (χ0) is 21.3. The highest BCUT2D eigenvalue weighted by Gasteiger charge is 2.23. The molecular weight excluding hydrogens is 384 g/mol. The molecular formula is C19H19F2N5O3. The van der Waals surface area contributed by atoms with Gasteiger partial charge in [0.25, 0.3) is 11.6 Å². The lowest BCUT2D eigenvalue weighted by Crippen LogP contribution is -2.28. The van der Waals surface area contributed by atoms with Crippen molar-refractivity contribution in [2.24, 2.45) is 0 Å². The maximum Gasteiger partial charge on any atom is 0.320 e. The van der Waals surface area contributed by atoms with Gasteiger partial charge in [0.1, 0.15) is 11.5 Å². The average molecular weight is 403 g/mol. The molecule has 0 radical (unpaired) electrons. The number of halogens is 2. The van der Waals surface area contributed by atoms with Gasteiger partial charge in [-0.25, -0.2) is 4.98 Å². The van der Waals surface area contributed by atoms with Crippen LogP contribution in [-0.2, 0) is 6.54 Å². The summed E-state index contributed by atoms with van der Waals surface area (Å²) in [6.07, 6.45) is 0. The van der Waals surface area contributed by atoms with Crippen LogP contribution in [0.25, 0.3) is 11.0 Å². The number of carbonyl (C=O) groups is 1. The number of nitro benzene ring substituents is 1. The number of nitro groups is 1. The molecule has 0 spiro atoms. The minimum atomic E-state index is -2.82. The van der Waals surface area contributed by atoms with E-state index in [2.05, 4.69) is 4.98 Å². The maximum absolute atomic E-state index is 13.6. The molecule has 0 atom stereocenters. The molecule has 1 aromatic heterocycles. The third-order valence-electron chi connectivity index (χ3n) is 4.49. The molecule has 0 aliphatic carbocycles. The van der Waals surface area contributed by atoms with E-state index in [1.165, 1.54) is 36.2 Å². The van der Waals surface area contributed by atoms with Crippen molar-refractivity contribution < 1.29 is 18.5 Å². The van der Waals surface area contributed by atoms with Crippen LogP contribution in [0.3, 0.4) is 0 Å². The zero-order valence-electron chi connectivity index (χ0n) is 16.0. The molecule has 0 unspecified atom stereocenters. The second-order valence-electron chi connectivity index (χ2n) is 6.68. The molecule has 0 N–H and O–H groups in total. The number of aromatic nitrogens is 2. The molecule has 0 aliphatic rings. The van der Waals surface area contributed by atoms with Crippen molar-refractivity contribution in [1.29, 1.82) is 0 Å². The summed E-state index contributed by atoms with van der Waals surface area (Å²) in [7, 11) is 4.75. The van der Waals surface area contributed by atoms with E-state index in [9.17, 15) is 23.7 Å². The SMILES string of the molecule is CN(Cc1nc2ccccc2n1C(F)F)C(=O)c1ccc(N(C)C)c([N+](=O)[O-])c1. The number of imidazole rings is 1. The Kier molecular flexibility index (Phi) is 5.44. The minimum absolute atomic E-state index is 0.0245. The average Bonchev–Trinajstić information content (AvgIpc) is 3.04. The summed E-state index contributed by atoms with van der Waals surface area (Å²) < 4.78 is 27.9. The number of rotatable bonds is 6. The van der Waals surface area contributed by atoms with Crippen LogP contribution >= 0.6 is 0 Å². The number of carbonyl (C=O) groups excluding carboxylic acids is 1. The summed E-state index contributed by atoms with van der Waals surface area (Å²) in [5.41, 5.74) is 0.895. The first-order valence-corrected chi connectivity index (χ1v) is 8.66. The fraction of sp³-hybridized carbons (Fsp3) is 0.263. The number of hydrogen-bond acceptors (Lipinski definition) is 5. The molecule has 10 heteroatoms. The molecule has 1 heterocycles. The Morgan fingerprint density at radius 1 is 1.21 bits per heavy atom. The highest BCUT2D eigenvalue weighted by atomic mass is 19.3. The number of hydrogen-bond donors (Lipinski definition) is 0. The summed E-state index contributed by atoms with van der Waals surface area (Å²) in [5.74, 6) is -0.511. The molecule has 3 rings (SSSR count). The molecule has 0 bridgehead atoms. The molecule has 29 heavy (non-hydrogen) atoms. The first-order chi connectivity index (χ1) is 13.7. The van der Waals surface area contributed by atoms with E-state index in [0.717, 1.165) is 4.57 Å². The molecule has 8 nitrogen and oxygen atoms in total. The van der Waals surface area contributed by atoms with E-state index in [1.54, 1.807) is 37.2 Å². The quantitative estimate of drug-likeness (QED) is 0.463. The van der Waals surface area contributed by atoms with Crippen LogP contribution in [0.4, 0.5) is 20.2 Å². The third-order valence-corrected chi connectivity index (χ3v) is 4.49. The van der Waals surface area contributed by atoms with Crippen molar-refractivity contribution in [1.82, 2.24) is 14.5 Å². The second kappa shape index (κ2) is 7.82. The fourth-order valence-electron chi connectivity index (χ4n) is 3.11. The summed E-state index contributed by atoms with van der Waals surface area (Å²) in [6, 6.07) is 10.6. The van der Waals surface area contributed by atoms with E-state index in [-0.39, 0.29) is 29.1 Å². The van der Waals surface area contributed by atoms with Gasteiger partial charge in [0.2, 0.25) is 0 Å². The summed E-state index contributed by atoms with van der Waals surface area (Å²) in [6.45, 7) is -3.00. The topological polar surface area (TPSA) is 84.5 Å². The number of amides is 1. The molecule has 152 valence electrons. The number of nitrogens with zero attached hydrogens (tertiary/aromatic N) is 5. The van der Waals surface area contributed by atoms with Crippen molar-refractivity contribution in [3.63, 3.8) is 0 Å². The standard InChI is InChI=1S/C19H19F2N5O3/c1-23(2)15-9-8-12(10-16(15)26(28)29)18(27)24(3)11-17-22-13-6-4-5-7-14(13)25(17)19(20)21/h4-10,19H,11H2,1-3H3. The lowest BCUT2D eigenvalue weighted by molar-refractivity contribution is -0.384. The second-order valence-corrected chi connectivity index (χ2v) is 6.68. The van der Waals surface area contributed by atoms with Gasteiger partial charge >= 0.3 is 6.55 Å². The van der Waals surface area contributed by atoms with Gasteiger partial charge < -0.3 is 9.80 Å². The largest absolute Gasteiger partial charge is 0.372 e. The number of para-hydroxylation sites is 2. The zero-order valence-corrected chi connectivity index (χ0v) is 16.0. The van der Waals surface area contributed by atoms with Gasteiger partial charge in [-0.05, 0) is 24.3 Å². The van der Waals surface area contributed by atoms with Gasteiger partial charge in [0.15, 0.2) is 0 Å². The van der Waals surface area contributed by atoms with Gasteiger partial charge in [-0.3, -0.25) is 19.5 Å². The Labute approximate surface area is 165 Å². The van der Waals surface area contributed by atoms with E-state index >= 15 is 0 Å². The Hall–Kier alpha value is -3.56. The van der Waals surface area contributed by atoms with Crippen molar-refractivity contribution >= 4 is 28.3 Å². The van der Waals surface area contributed by atoms with Crippen molar-refractivity contribution in [3.05, 3.63) is 64.0 Å². The summed E-state index contributed by atoms with van der Waals surface area (Å²) >= 11 is 0. The molecule has 2 aromatic carbocycles. The Morgan fingerprint density at radius 3 is 2.52 bits per heavy atom. The lowest BCUT2D eigenvalue weighted by Gasteiger charge is -2.19. The minimum Gasteiger partial charge on any atom is -0.372 e. The molecule has 1 amide bonds. The number of alkyl halides is 2. The van der Waals surface area contributed by atoms with Gasteiger partial charge in [0, 0.05) is 32.8 Å². The fourth-order valence-corrected chi connectivity index (χ4v) is 3.11. The van der Waals surface area contributed by atoms with Crippen LogP contribution < -0.4 is 4.90 Å². The Morgan fingerprint density at radius 2 is 1.90 bits per heavy atom. The monoisotopic (exact) mass is 403 g/mol. The van der Waals surface area contributed by atoms with Gasteiger partial charge in [-0.1, -0.05) is 12.1 Å². The number of benzene rings is 2. The highest BCUT2D eigenvalue weighted by Crippen LogP contribution is 2.29. The summed E-state index contributed by atoms with van der Waals surface area (Å²) in [4.78, 5) is 30.5. The Balaban J connectivity index is 1.92. The highest BCUT2D eigenvalue weighted by molar-refractivity contribution is 5.95. The van der Waals surface area contributed by atoms with Crippen LogP contribution in [0.5, 0.6) is 0 Å². The molecule has 0 saturated carbocycles. The molecule has 0 aliphatic heterocycles. The first-order valence-electron chi connectivity index (χ1n) is 8.66. The predicted molar refractivity (Wildman–Crippen MR) is 104 cm³/mol. The van der Waals surface area contributed by atoms with E-state index in [4.69, 9.17) is 0 Å². The van der Waals surface area contributed by atoms with Crippen LogP contribution in [0.2, 0.25) is 0 Å².